The van der Waals surface area contributed by atoms with Crippen LogP contribution >= 0.6 is 11.3 Å². The second-order valence-corrected chi connectivity index (χ2v) is 4.19. The lowest BCUT2D eigenvalue weighted by Crippen LogP contribution is -1.84. The number of pyridine rings is 2. The first-order valence-corrected chi connectivity index (χ1v) is 5.56. The first-order valence-electron chi connectivity index (χ1n) is 4.68. The maximum Gasteiger partial charge on any atom is 0.0900 e. The highest BCUT2D eigenvalue weighted by molar-refractivity contribution is 7.17. The smallest absolute Gasteiger partial charge is 0.0900 e. The molecule has 2 nitrogen and oxygen atoms in total. The van der Waals surface area contributed by atoms with Gasteiger partial charge in [-0.1, -0.05) is 6.07 Å². The number of hydrogen-bond donors (Lipinski definition) is 0. The van der Waals surface area contributed by atoms with Crippen molar-refractivity contribution in [1.82, 2.24) is 9.97 Å². The largest absolute Gasteiger partial charge is 0.255 e. The number of fused-ring (bicyclic) bond motifs is 1. The minimum absolute atomic E-state index is 0.924. The van der Waals surface area contributed by atoms with Crippen LogP contribution < -0.4 is 0 Å². The lowest BCUT2D eigenvalue weighted by molar-refractivity contribution is 1.26. The normalized spacial score (nSPS) is 10.7. The summed E-state index contributed by atoms with van der Waals surface area (Å²) in [7, 11) is 0. The topological polar surface area (TPSA) is 25.8 Å². The van der Waals surface area contributed by atoms with E-state index in [0.29, 0.717) is 0 Å². The molecule has 0 N–H and O–H groups in total. The van der Waals surface area contributed by atoms with Gasteiger partial charge >= 0.3 is 0 Å². The molecule has 0 radical (unpaired) electrons. The van der Waals surface area contributed by atoms with E-state index in [4.69, 9.17) is 0 Å². The number of aromatic nitrogens is 2. The lowest BCUT2D eigenvalue weighted by atomic mass is 10.2. The summed E-state index contributed by atoms with van der Waals surface area (Å²) in [6.07, 6.45) is 3.69. The van der Waals surface area contributed by atoms with Gasteiger partial charge in [-0.25, -0.2) is 0 Å². The molecule has 72 valence electrons. The van der Waals surface area contributed by atoms with Gasteiger partial charge in [0.25, 0.3) is 0 Å². The van der Waals surface area contributed by atoms with E-state index in [-0.39, 0.29) is 0 Å². The highest BCUT2D eigenvalue weighted by Gasteiger charge is 2.01. The molecule has 0 aliphatic heterocycles. The summed E-state index contributed by atoms with van der Waals surface area (Å²) in [6, 6.07) is 10.0. The summed E-state index contributed by atoms with van der Waals surface area (Å²) in [5.74, 6) is 0. The van der Waals surface area contributed by atoms with Gasteiger partial charge in [-0.05, 0) is 29.6 Å². The van der Waals surface area contributed by atoms with Crippen LogP contribution in [0.1, 0.15) is 0 Å². The highest BCUT2D eigenvalue weighted by atomic mass is 32.1. The van der Waals surface area contributed by atoms with Gasteiger partial charge in [0, 0.05) is 22.5 Å². The summed E-state index contributed by atoms with van der Waals surface area (Å²) < 4.78 is 1.26. The molecular formula is C12H8N2S. The molecule has 0 amide bonds. The van der Waals surface area contributed by atoms with Gasteiger partial charge < -0.3 is 0 Å². The zero-order valence-electron chi connectivity index (χ0n) is 7.92. The summed E-state index contributed by atoms with van der Waals surface area (Å²) in [6.45, 7) is 0. The zero-order chi connectivity index (χ0) is 10.1. The van der Waals surface area contributed by atoms with Crippen LogP contribution in [0.2, 0.25) is 0 Å². The molecule has 0 bridgehead atoms. The van der Waals surface area contributed by atoms with Crippen molar-refractivity contribution in [3.05, 3.63) is 48.1 Å². The van der Waals surface area contributed by atoms with E-state index in [1.807, 2.05) is 24.4 Å². The fraction of sp³-hybridized carbons (Fsp3) is 0. The molecule has 0 fully saturated rings. The second-order valence-electron chi connectivity index (χ2n) is 3.24. The Balaban J connectivity index is 2.19. The van der Waals surface area contributed by atoms with Gasteiger partial charge in [0.05, 0.1) is 11.4 Å². The molecule has 0 aromatic carbocycles. The molecule has 0 aliphatic carbocycles. The van der Waals surface area contributed by atoms with Crippen LogP contribution in [0.5, 0.6) is 0 Å². The molecule has 3 aromatic rings. The average molecular weight is 212 g/mol. The lowest BCUT2D eigenvalue weighted by Gasteiger charge is -1.98. The molecule has 0 saturated carbocycles. The predicted molar refractivity (Wildman–Crippen MR) is 62.9 cm³/mol. The van der Waals surface area contributed by atoms with E-state index in [1.165, 1.54) is 10.1 Å². The van der Waals surface area contributed by atoms with Gasteiger partial charge in [0.1, 0.15) is 0 Å². The first kappa shape index (κ1) is 8.56. The summed E-state index contributed by atoms with van der Waals surface area (Å²) >= 11 is 1.73. The summed E-state index contributed by atoms with van der Waals surface area (Å²) in [4.78, 5) is 8.68. The van der Waals surface area contributed by atoms with E-state index < -0.39 is 0 Å². The Hall–Kier alpha value is -1.74. The van der Waals surface area contributed by atoms with Crippen molar-refractivity contribution in [3.8, 4) is 11.4 Å². The number of nitrogens with zero attached hydrogens (tertiary/aromatic N) is 2. The molecule has 0 unspecified atom stereocenters. The first-order chi connectivity index (χ1) is 7.43. The molecule has 0 spiro atoms. The Morgan fingerprint density at radius 3 is 2.87 bits per heavy atom. The van der Waals surface area contributed by atoms with E-state index in [0.717, 1.165) is 11.4 Å². The number of thiophene rings is 1. The van der Waals surface area contributed by atoms with Crippen molar-refractivity contribution >= 4 is 21.4 Å². The fourth-order valence-electron chi connectivity index (χ4n) is 1.51. The van der Waals surface area contributed by atoms with Crippen molar-refractivity contribution in [1.29, 1.82) is 0 Å². The molecule has 3 aromatic heterocycles. The Kier molecular flexibility index (Phi) is 1.96. The third-order valence-electron chi connectivity index (χ3n) is 2.26. The molecule has 3 rings (SSSR count). The highest BCUT2D eigenvalue weighted by Crippen LogP contribution is 2.24. The molecule has 0 saturated heterocycles. The van der Waals surface area contributed by atoms with Crippen LogP contribution in [-0.4, -0.2) is 9.97 Å². The Morgan fingerprint density at radius 2 is 2.00 bits per heavy atom. The maximum absolute atomic E-state index is 4.39. The molecule has 0 atom stereocenters. The molecule has 3 heterocycles. The zero-order valence-corrected chi connectivity index (χ0v) is 8.74. The van der Waals surface area contributed by atoms with Crippen LogP contribution in [0, 0.1) is 0 Å². The third kappa shape index (κ3) is 1.51. The van der Waals surface area contributed by atoms with Crippen LogP contribution in [0.3, 0.4) is 0 Å². The Bertz CT molecular complexity index is 587. The number of rotatable bonds is 1. The van der Waals surface area contributed by atoms with Gasteiger partial charge in [0.2, 0.25) is 0 Å². The minimum atomic E-state index is 0.924. The predicted octanol–water partition coefficient (Wildman–Crippen LogP) is 3.36. The van der Waals surface area contributed by atoms with Gasteiger partial charge in [-0.15, -0.1) is 11.3 Å². The Morgan fingerprint density at radius 1 is 1.00 bits per heavy atom. The molecular weight excluding hydrogens is 204 g/mol. The number of hydrogen-bond acceptors (Lipinski definition) is 3. The third-order valence-corrected chi connectivity index (χ3v) is 3.14. The quantitative estimate of drug-likeness (QED) is 0.618. The van der Waals surface area contributed by atoms with Crippen molar-refractivity contribution in [2.75, 3.05) is 0 Å². The standard InChI is InChI=1S/C12H8N2S/c1-2-5-13-10(3-1)11-7-12-9(8-14-11)4-6-15-12/h1-8H. The van der Waals surface area contributed by atoms with Crippen LogP contribution in [-0.2, 0) is 0 Å². The summed E-state index contributed by atoms with van der Waals surface area (Å²) in [5.41, 5.74) is 1.86. The average Bonchev–Trinajstić information content (AvgIpc) is 2.77. The molecule has 0 aliphatic rings. The van der Waals surface area contributed by atoms with Crippen LogP contribution in [0.25, 0.3) is 21.5 Å². The SMILES string of the molecule is c1ccc(-c2cc3sccc3cn2)nc1. The van der Waals surface area contributed by atoms with Crippen LogP contribution in [0.15, 0.2) is 48.1 Å². The fourth-order valence-corrected chi connectivity index (χ4v) is 2.31. The van der Waals surface area contributed by atoms with Crippen molar-refractivity contribution in [3.63, 3.8) is 0 Å². The van der Waals surface area contributed by atoms with Crippen molar-refractivity contribution in [2.24, 2.45) is 0 Å². The van der Waals surface area contributed by atoms with E-state index in [9.17, 15) is 0 Å². The van der Waals surface area contributed by atoms with E-state index in [2.05, 4.69) is 27.5 Å². The maximum atomic E-state index is 4.39. The Labute approximate surface area is 91.2 Å². The van der Waals surface area contributed by atoms with Gasteiger partial charge in [-0.2, -0.15) is 0 Å². The van der Waals surface area contributed by atoms with Crippen molar-refractivity contribution < 1.29 is 0 Å². The van der Waals surface area contributed by atoms with Crippen LogP contribution in [0.4, 0.5) is 0 Å². The second kappa shape index (κ2) is 3.44. The monoisotopic (exact) mass is 212 g/mol. The minimum Gasteiger partial charge on any atom is -0.255 e. The molecule has 3 heteroatoms. The van der Waals surface area contributed by atoms with E-state index in [1.54, 1.807) is 17.5 Å². The van der Waals surface area contributed by atoms with Gasteiger partial charge in [0.15, 0.2) is 0 Å². The van der Waals surface area contributed by atoms with Gasteiger partial charge in [-0.3, -0.25) is 9.97 Å². The summed E-state index contributed by atoms with van der Waals surface area (Å²) in [5, 5.41) is 3.27. The van der Waals surface area contributed by atoms with E-state index >= 15 is 0 Å². The molecule has 15 heavy (non-hydrogen) atoms. The van der Waals surface area contributed by atoms with Crippen molar-refractivity contribution in [2.45, 2.75) is 0 Å².